The summed E-state index contributed by atoms with van der Waals surface area (Å²) in [6, 6.07) is 6.19. The zero-order valence-corrected chi connectivity index (χ0v) is 21.1. The maximum Gasteiger partial charge on any atom is 0.193 e. The smallest absolute Gasteiger partial charge is 0.193 e. The molecule has 4 aromatic rings. The molecule has 0 radical (unpaired) electrons. The third-order valence-corrected chi connectivity index (χ3v) is 8.90. The highest BCUT2D eigenvalue weighted by Gasteiger charge is 2.50. The van der Waals surface area contributed by atoms with Gasteiger partial charge in [-0.2, -0.15) is 10.2 Å². The van der Waals surface area contributed by atoms with E-state index < -0.39 is 16.4 Å². The van der Waals surface area contributed by atoms with E-state index in [-0.39, 0.29) is 11.6 Å². The van der Waals surface area contributed by atoms with E-state index in [9.17, 15) is 13.4 Å². The van der Waals surface area contributed by atoms with Crippen LogP contribution in [0.3, 0.4) is 0 Å². The van der Waals surface area contributed by atoms with Gasteiger partial charge in [0.1, 0.15) is 22.5 Å². The van der Waals surface area contributed by atoms with Crippen molar-refractivity contribution in [3.8, 4) is 5.69 Å². The van der Waals surface area contributed by atoms with Gasteiger partial charge in [0, 0.05) is 31.2 Å². The summed E-state index contributed by atoms with van der Waals surface area (Å²) in [5.74, 6) is -0.378. The van der Waals surface area contributed by atoms with Crippen molar-refractivity contribution in [2.24, 2.45) is 5.41 Å². The number of rotatable bonds is 6. The van der Waals surface area contributed by atoms with E-state index >= 15 is 0 Å². The summed E-state index contributed by atoms with van der Waals surface area (Å²) in [7, 11) is -1.44. The van der Waals surface area contributed by atoms with Crippen molar-refractivity contribution in [3.63, 3.8) is 0 Å². The number of aryl methyl sites for hydroxylation is 1. The molecule has 1 fully saturated rings. The van der Waals surface area contributed by atoms with Crippen molar-refractivity contribution in [2.75, 3.05) is 13.1 Å². The lowest BCUT2D eigenvalue weighted by molar-refractivity contribution is 0.0773. The van der Waals surface area contributed by atoms with Gasteiger partial charge in [-0.25, -0.2) is 22.6 Å². The number of Topliss-reactive ketones (excluding diaryl/α,β-unsaturated/α-hetero) is 1. The average molecular weight is 523 g/mol. The van der Waals surface area contributed by atoms with Crippen molar-refractivity contribution in [2.45, 2.75) is 31.2 Å². The molecule has 2 aliphatic rings. The van der Waals surface area contributed by atoms with Crippen molar-refractivity contribution >= 4 is 34.2 Å². The quantitative estimate of drug-likeness (QED) is 0.358. The Bertz CT molecular complexity index is 1490. The van der Waals surface area contributed by atoms with E-state index in [4.69, 9.17) is 0 Å². The van der Waals surface area contributed by atoms with Crippen LogP contribution in [0.4, 0.5) is 4.39 Å². The molecule has 1 aliphatic carbocycles. The Morgan fingerprint density at radius 2 is 2.06 bits per heavy atom. The topological polar surface area (TPSA) is 85.9 Å². The number of aromatic nitrogens is 5. The molecular weight excluding hydrogens is 499 g/mol. The number of ketones is 1. The molecule has 0 bridgehead atoms. The Balaban J connectivity index is 1.40. The predicted molar refractivity (Wildman–Crippen MR) is 135 cm³/mol. The number of piperidine rings is 1. The van der Waals surface area contributed by atoms with E-state index in [2.05, 4.69) is 15.2 Å². The van der Waals surface area contributed by atoms with Gasteiger partial charge in [0.15, 0.2) is 5.78 Å². The molecule has 1 aromatic carbocycles. The van der Waals surface area contributed by atoms with Gasteiger partial charge in [-0.1, -0.05) is 5.57 Å². The van der Waals surface area contributed by atoms with Crippen LogP contribution in [0.25, 0.3) is 11.8 Å². The lowest BCUT2D eigenvalue weighted by Crippen LogP contribution is -2.52. The monoisotopic (exact) mass is 522 g/mol. The number of fused-ring (bicyclic) bond motifs is 2. The minimum atomic E-state index is -1.44. The average Bonchev–Trinajstić information content (AvgIpc) is 3.67. The highest BCUT2D eigenvalue weighted by atomic mass is 32.2. The fraction of sp³-hybridized carbons (Fsp3) is 0.280. The number of hydrogen-bond acceptors (Lipinski definition) is 6. The van der Waals surface area contributed by atoms with Crippen molar-refractivity contribution in [1.82, 2.24) is 28.9 Å². The molecule has 2 atom stereocenters. The van der Waals surface area contributed by atoms with Crippen molar-refractivity contribution in [1.29, 1.82) is 0 Å². The van der Waals surface area contributed by atoms with Crippen LogP contribution in [0.5, 0.6) is 0 Å². The van der Waals surface area contributed by atoms with Crippen LogP contribution in [-0.4, -0.2) is 51.9 Å². The second kappa shape index (κ2) is 8.99. The number of nitrogens with zero attached hydrogens (tertiary/aromatic N) is 6. The zero-order valence-electron chi connectivity index (χ0n) is 19.5. The molecule has 36 heavy (non-hydrogen) atoms. The molecule has 0 saturated carbocycles. The first-order valence-electron chi connectivity index (χ1n) is 11.6. The van der Waals surface area contributed by atoms with Gasteiger partial charge in [-0.3, -0.25) is 9.48 Å². The number of carbonyl (C=O) groups excluding carboxylic acids is 1. The molecule has 11 heteroatoms. The first-order valence-corrected chi connectivity index (χ1v) is 13.7. The van der Waals surface area contributed by atoms with E-state index in [1.165, 1.54) is 23.5 Å². The summed E-state index contributed by atoms with van der Waals surface area (Å²) in [5.41, 5.74) is 4.72. The van der Waals surface area contributed by atoms with E-state index in [1.807, 2.05) is 17.3 Å². The fourth-order valence-corrected chi connectivity index (χ4v) is 6.85. The van der Waals surface area contributed by atoms with Crippen LogP contribution in [0.2, 0.25) is 0 Å². The molecule has 2 unspecified atom stereocenters. The van der Waals surface area contributed by atoms with Gasteiger partial charge in [-0.15, -0.1) is 11.3 Å². The summed E-state index contributed by atoms with van der Waals surface area (Å²) in [4.78, 5) is 18.9. The summed E-state index contributed by atoms with van der Waals surface area (Å²) >= 11 is 1.38. The predicted octanol–water partition coefficient (Wildman–Crippen LogP) is 3.92. The first-order chi connectivity index (χ1) is 17.5. The number of halogens is 1. The van der Waals surface area contributed by atoms with Gasteiger partial charge in [0.25, 0.3) is 0 Å². The molecule has 1 saturated heterocycles. The Kier molecular flexibility index (Phi) is 5.78. The summed E-state index contributed by atoms with van der Waals surface area (Å²) < 4.78 is 32.4. The van der Waals surface area contributed by atoms with Gasteiger partial charge in [0.2, 0.25) is 0 Å². The molecule has 0 N–H and O–H groups in total. The Labute approximate surface area is 213 Å². The van der Waals surface area contributed by atoms with E-state index in [1.54, 1.807) is 51.0 Å². The highest BCUT2D eigenvalue weighted by molar-refractivity contribution is 7.82. The largest absolute Gasteiger partial charge is 0.291 e. The van der Waals surface area contributed by atoms with Crippen molar-refractivity contribution < 1.29 is 13.4 Å². The van der Waals surface area contributed by atoms with Gasteiger partial charge in [0.05, 0.1) is 39.6 Å². The lowest BCUT2D eigenvalue weighted by atomic mass is 9.65. The van der Waals surface area contributed by atoms with Gasteiger partial charge < -0.3 is 0 Å². The highest BCUT2D eigenvalue weighted by Crippen LogP contribution is 2.46. The molecule has 184 valence electrons. The Morgan fingerprint density at radius 1 is 1.22 bits per heavy atom. The SMILES string of the molecule is CCn1cc(S(=O)N2CCC3=Cc4c(cnn4-c4ccc(F)cc4)CC3(C(=O)c3cscn3)C2)cn1. The molecule has 0 amide bonds. The summed E-state index contributed by atoms with van der Waals surface area (Å²) in [5, 5.41) is 10.6. The molecule has 4 heterocycles. The van der Waals surface area contributed by atoms with Crippen LogP contribution in [0.15, 0.2) is 64.2 Å². The number of hydrogen-bond donors (Lipinski definition) is 0. The molecular formula is C25H23FN6O2S2. The van der Waals surface area contributed by atoms with Gasteiger partial charge >= 0.3 is 0 Å². The van der Waals surface area contributed by atoms with Crippen LogP contribution >= 0.6 is 11.3 Å². The van der Waals surface area contributed by atoms with Crippen LogP contribution < -0.4 is 0 Å². The zero-order chi connectivity index (χ0) is 24.9. The standard InChI is InChI=1S/C25H23FN6O2S2/c1-2-30-13-21(12-28-30)36(34)31-8-7-18-9-23-17(11-29-32(23)20-5-3-19(26)4-6-20)10-25(18,15-31)24(33)22-14-35-16-27-22/h3-6,9,11-14,16H,2,7-8,10,15H2,1H3. The maximum atomic E-state index is 14.0. The van der Waals surface area contributed by atoms with Crippen LogP contribution in [-0.2, 0) is 24.0 Å². The van der Waals surface area contributed by atoms with Crippen LogP contribution in [0, 0.1) is 11.2 Å². The number of carbonyl (C=O) groups is 1. The Hall–Kier alpha value is -3.28. The van der Waals surface area contributed by atoms with Gasteiger partial charge in [-0.05, 0) is 55.7 Å². The summed E-state index contributed by atoms with van der Waals surface area (Å²) in [6.07, 6.45) is 8.23. The molecule has 8 nitrogen and oxygen atoms in total. The first kappa shape index (κ1) is 23.1. The summed E-state index contributed by atoms with van der Waals surface area (Å²) in [6.45, 7) is 3.52. The fourth-order valence-electron chi connectivity index (χ4n) is 5.07. The lowest BCUT2D eigenvalue weighted by Gasteiger charge is -2.44. The number of thiazole rings is 1. The maximum absolute atomic E-state index is 14.0. The molecule has 1 aliphatic heterocycles. The second-order valence-electron chi connectivity index (χ2n) is 8.97. The molecule has 6 rings (SSSR count). The minimum absolute atomic E-state index is 0.0684. The Morgan fingerprint density at radius 3 is 2.78 bits per heavy atom. The number of benzene rings is 1. The minimum Gasteiger partial charge on any atom is -0.291 e. The molecule has 0 spiro atoms. The van der Waals surface area contributed by atoms with E-state index in [0.717, 1.165) is 22.5 Å². The molecule has 3 aromatic heterocycles. The van der Waals surface area contributed by atoms with Crippen LogP contribution in [0.1, 0.15) is 35.1 Å². The van der Waals surface area contributed by atoms with Crippen molar-refractivity contribution in [3.05, 3.63) is 82.1 Å². The third-order valence-electron chi connectivity index (χ3n) is 6.92. The van der Waals surface area contributed by atoms with E-state index in [0.29, 0.717) is 43.1 Å². The normalized spacial score (nSPS) is 20.4. The second-order valence-corrected chi connectivity index (χ2v) is 11.2. The third kappa shape index (κ3) is 3.78.